The van der Waals surface area contributed by atoms with Gasteiger partial charge in [0.2, 0.25) is 0 Å². The second-order valence-corrected chi connectivity index (χ2v) is 4.14. The monoisotopic (exact) mass is 227 g/mol. The zero-order valence-electron chi connectivity index (χ0n) is 7.09. The average molecular weight is 227 g/mol. The van der Waals surface area contributed by atoms with Crippen LogP contribution in [0, 0.1) is 6.92 Å². The molecule has 0 atom stereocenters. The van der Waals surface area contributed by atoms with Crippen molar-refractivity contribution in [3.05, 3.63) is 16.8 Å². The normalized spacial score (nSPS) is 10.4. The minimum absolute atomic E-state index is 0.0674. The van der Waals surface area contributed by atoms with Crippen LogP contribution < -0.4 is 0 Å². The Morgan fingerprint density at radius 2 is 2.36 bits per heavy atom. The third-order valence-corrected chi connectivity index (χ3v) is 3.39. The third kappa shape index (κ3) is 1.51. The molecule has 0 radical (unpaired) electrons. The number of hydrogen-bond acceptors (Lipinski definition) is 6. The van der Waals surface area contributed by atoms with Crippen molar-refractivity contribution < 1.29 is 9.90 Å². The Bertz CT molecular complexity index is 477. The van der Waals surface area contributed by atoms with Crippen molar-refractivity contribution in [2.45, 2.75) is 6.92 Å². The summed E-state index contributed by atoms with van der Waals surface area (Å²) < 4.78 is 3.76. The summed E-state index contributed by atoms with van der Waals surface area (Å²) in [6, 6.07) is 0. The Balaban J connectivity index is 2.43. The number of carbonyl (C=O) groups is 1. The van der Waals surface area contributed by atoms with E-state index in [-0.39, 0.29) is 5.69 Å². The van der Waals surface area contributed by atoms with Gasteiger partial charge < -0.3 is 5.11 Å². The van der Waals surface area contributed by atoms with Crippen LogP contribution in [0.15, 0.2) is 5.38 Å². The summed E-state index contributed by atoms with van der Waals surface area (Å²) in [6.07, 6.45) is 0. The fourth-order valence-corrected chi connectivity index (χ4v) is 2.48. The molecule has 0 aliphatic carbocycles. The fourth-order valence-electron chi connectivity index (χ4n) is 0.904. The Morgan fingerprint density at radius 3 is 2.86 bits per heavy atom. The van der Waals surface area contributed by atoms with Gasteiger partial charge in [0.15, 0.2) is 5.69 Å². The van der Waals surface area contributed by atoms with E-state index in [0.717, 1.165) is 10.6 Å². The largest absolute Gasteiger partial charge is 0.476 e. The predicted octanol–water partition coefficient (Wildman–Crippen LogP) is 1.67. The fraction of sp³-hybridized carbons (Fsp3) is 0.143. The van der Waals surface area contributed by atoms with E-state index < -0.39 is 5.97 Å². The highest BCUT2D eigenvalue weighted by molar-refractivity contribution is 7.18. The second kappa shape index (κ2) is 3.43. The van der Waals surface area contributed by atoms with Crippen molar-refractivity contribution >= 4 is 28.8 Å². The minimum atomic E-state index is -1.01. The van der Waals surface area contributed by atoms with Gasteiger partial charge in [-0.05, 0) is 18.5 Å². The number of rotatable bonds is 2. The first-order valence-corrected chi connectivity index (χ1v) is 5.32. The van der Waals surface area contributed by atoms with Gasteiger partial charge in [0, 0.05) is 5.38 Å². The highest BCUT2D eigenvalue weighted by Crippen LogP contribution is 2.28. The van der Waals surface area contributed by atoms with Crippen LogP contribution in [-0.2, 0) is 0 Å². The predicted molar refractivity (Wildman–Crippen MR) is 52.7 cm³/mol. The first kappa shape index (κ1) is 9.22. The van der Waals surface area contributed by atoms with Crippen LogP contribution in [0.5, 0.6) is 0 Å². The van der Waals surface area contributed by atoms with Crippen LogP contribution in [0.1, 0.15) is 16.2 Å². The smallest absolute Gasteiger partial charge is 0.355 e. The first-order chi connectivity index (χ1) is 6.68. The van der Waals surface area contributed by atoms with E-state index in [1.165, 1.54) is 28.2 Å². The van der Waals surface area contributed by atoms with Gasteiger partial charge >= 0.3 is 5.97 Å². The van der Waals surface area contributed by atoms with Gasteiger partial charge in [-0.25, -0.2) is 9.78 Å². The standard InChI is InChI=1S/C7H5N3O2S2/c1-3-5(14-10-9-3)6-8-4(2-13-6)7(11)12/h2H,1H3,(H,11,12). The SMILES string of the molecule is Cc1nnsc1-c1nc(C(=O)O)cs1. The van der Waals surface area contributed by atoms with Crippen molar-refractivity contribution in [1.82, 2.24) is 14.6 Å². The van der Waals surface area contributed by atoms with Gasteiger partial charge in [-0.3, -0.25) is 0 Å². The quantitative estimate of drug-likeness (QED) is 0.844. The van der Waals surface area contributed by atoms with Gasteiger partial charge in [-0.2, -0.15) is 0 Å². The molecule has 2 aromatic heterocycles. The van der Waals surface area contributed by atoms with Crippen molar-refractivity contribution in [3.8, 4) is 9.88 Å². The maximum Gasteiger partial charge on any atom is 0.355 e. The van der Waals surface area contributed by atoms with E-state index in [9.17, 15) is 4.79 Å². The van der Waals surface area contributed by atoms with Crippen LogP contribution in [0.25, 0.3) is 9.88 Å². The number of carboxylic acids is 1. The van der Waals surface area contributed by atoms with Crippen LogP contribution in [0.4, 0.5) is 0 Å². The first-order valence-electron chi connectivity index (χ1n) is 3.66. The molecular weight excluding hydrogens is 222 g/mol. The van der Waals surface area contributed by atoms with Gasteiger partial charge in [-0.15, -0.1) is 16.4 Å². The topological polar surface area (TPSA) is 76.0 Å². The Kier molecular flexibility index (Phi) is 2.26. The molecule has 0 unspecified atom stereocenters. The highest BCUT2D eigenvalue weighted by Gasteiger charge is 2.13. The molecule has 5 nitrogen and oxygen atoms in total. The molecule has 0 fully saturated rings. The lowest BCUT2D eigenvalue weighted by Gasteiger charge is -1.87. The molecule has 0 aliphatic heterocycles. The number of hydrogen-bond donors (Lipinski definition) is 1. The number of nitrogens with zero attached hydrogens (tertiary/aromatic N) is 3. The lowest BCUT2D eigenvalue weighted by atomic mass is 10.4. The molecule has 0 bridgehead atoms. The van der Waals surface area contributed by atoms with Gasteiger partial charge in [-0.1, -0.05) is 4.49 Å². The lowest BCUT2D eigenvalue weighted by Crippen LogP contribution is -1.95. The number of carboxylic acid groups (broad SMARTS) is 1. The van der Waals surface area contributed by atoms with Crippen LogP contribution in [0.2, 0.25) is 0 Å². The molecule has 0 saturated carbocycles. The number of thiazole rings is 1. The summed E-state index contributed by atoms with van der Waals surface area (Å²) in [5.74, 6) is -1.01. The summed E-state index contributed by atoms with van der Waals surface area (Å²) in [5.41, 5.74) is 0.846. The molecule has 0 amide bonds. The summed E-state index contributed by atoms with van der Waals surface area (Å²) in [7, 11) is 0. The molecule has 2 heterocycles. The Hall–Kier alpha value is -1.34. The van der Waals surface area contributed by atoms with Crippen molar-refractivity contribution in [3.63, 3.8) is 0 Å². The van der Waals surface area contributed by atoms with E-state index in [4.69, 9.17) is 5.11 Å². The van der Waals surface area contributed by atoms with E-state index in [1.54, 1.807) is 0 Å². The van der Waals surface area contributed by atoms with Crippen LogP contribution >= 0.6 is 22.9 Å². The van der Waals surface area contributed by atoms with Crippen molar-refractivity contribution in [2.24, 2.45) is 0 Å². The van der Waals surface area contributed by atoms with E-state index in [2.05, 4.69) is 14.6 Å². The number of aromatic carboxylic acids is 1. The number of aromatic nitrogens is 3. The zero-order valence-corrected chi connectivity index (χ0v) is 8.72. The van der Waals surface area contributed by atoms with Crippen LogP contribution in [0.3, 0.4) is 0 Å². The molecule has 0 aliphatic rings. The summed E-state index contributed by atoms with van der Waals surface area (Å²) in [6.45, 7) is 1.82. The van der Waals surface area contributed by atoms with E-state index in [1.807, 2.05) is 6.92 Å². The van der Waals surface area contributed by atoms with Gasteiger partial charge in [0.1, 0.15) is 9.88 Å². The van der Waals surface area contributed by atoms with Gasteiger partial charge in [0.05, 0.1) is 5.69 Å². The molecule has 0 aromatic carbocycles. The average Bonchev–Trinajstić information content (AvgIpc) is 2.71. The molecular formula is C7H5N3O2S2. The summed E-state index contributed by atoms with van der Waals surface area (Å²) in [5, 5.41) is 14.7. The Morgan fingerprint density at radius 1 is 1.57 bits per heavy atom. The summed E-state index contributed by atoms with van der Waals surface area (Å²) in [4.78, 5) is 15.4. The van der Waals surface area contributed by atoms with E-state index in [0.29, 0.717) is 5.01 Å². The highest BCUT2D eigenvalue weighted by atomic mass is 32.1. The minimum Gasteiger partial charge on any atom is -0.476 e. The molecule has 72 valence electrons. The van der Waals surface area contributed by atoms with Crippen molar-refractivity contribution in [2.75, 3.05) is 0 Å². The van der Waals surface area contributed by atoms with Crippen LogP contribution in [-0.4, -0.2) is 25.6 Å². The molecule has 2 rings (SSSR count). The molecule has 1 N–H and O–H groups in total. The Labute approximate surface area is 87.2 Å². The maximum atomic E-state index is 10.6. The van der Waals surface area contributed by atoms with Crippen molar-refractivity contribution in [1.29, 1.82) is 0 Å². The number of aryl methyl sites for hydroxylation is 1. The second-order valence-electron chi connectivity index (χ2n) is 2.53. The zero-order chi connectivity index (χ0) is 10.1. The molecule has 0 saturated heterocycles. The van der Waals surface area contributed by atoms with E-state index >= 15 is 0 Å². The maximum absolute atomic E-state index is 10.6. The molecule has 7 heteroatoms. The molecule has 2 aromatic rings. The molecule has 0 spiro atoms. The van der Waals surface area contributed by atoms with Gasteiger partial charge in [0.25, 0.3) is 0 Å². The molecule has 14 heavy (non-hydrogen) atoms. The third-order valence-electron chi connectivity index (χ3n) is 1.57. The lowest BCUT2D eigenvalue weighted by molar-refractivity contribution is 0.0691. The summed E-state index contributed by atoms with van der Waals surface area (Å²) >= 11 is 2.51.